The highest BCUT2D eigenvalue weighted by Crippen LogP contribution is 2.18. The minimum Gasteiger partial charge on any atom is -0.356 e. The SMILES string of the molecule is CN=C(NCCc1ccc(-n2cccn2)cc1)NCC1CCN(S(C)(=O)=O)CC1.I. The third-order valence-electron chi connectivity index (χ3n) is 5.24. The van der Waals surface area contributed by atoms with E-state index in [1.54, 1.807) is 17.5 Å². The molecule has 0 spiro atoms. The van der Waals surface area contributed by atoms with E-state index in [4.69, 9.17) is 0 Å². The number of nitrogens with zero attached hydrogens (tertiary/aromatic N) is 4. The lowest BCUT2D eigenvalue weighted by Gasteiger charge is -2.30. The highest BCUT2D eigenvalue weighted by Gasteiger charge is 2.24. The molecule has 166 valence electrons. The van der Waals surface area contributed by atoms with Gasteiger partial charge in [0.1, 0.15) is 0 Å². The molecule has 2 aromatic rings. The number of benzene rings is 1. The fourth-order valence-corrected chi connectivity index (χ4v) is 4.34. The fourth-order valence-electron chi connectivity index (χ4n) is 3.47. The molecular weight excluding hydrogens is 515 g/mol. The van der Waals surface area contributed by atoms with Gasteiger partial charge in [-0.25, -0.2) is 17.4 Å². The monoisotopic (exact) mass is 546 g/mol. The van der Waals surface area contributed by atoms with Crippen LogP contribution in [0.25, 0.3) is 5.69 Å². The topological polar surface area (TPSA) is 91.6 Å². The van der Waals surface area contributed by atoms with Crippen LogP contribution in [0.3, 0.4) is 0 Å². The van der Waals surface area contributed by atoms with Gasteiger partial charge in [-0.1, -0.05) is 12.1 Å². The first-order valence-corrected chi connectivity index (χ1v) is 11.8. The zero-order valence-corrected chi connectivity index (χ0v) is 20.6. The molecule has 0 radical (unpaired) electrons. The van der Waals surface area contributed by atoms with Crippen molar-refractivity contribution in [3.63, 3.8) is 0 Å². The van der Waals surface area contributed by atoms with Crippen LogP contribution in [0.1, 0.15) is 18.4 Å². The fraction of sp³-hybridized carbons (Fsp3) is 0.500. The molecule has 30 heavy (non-hydrogen) atoms. The predicted molar refractivity (Wildman–Crippen MR) is 131 cm³/mol. The number of hydrogen-bond donors (Lipinski definition) is 2. The number of aromatic nitrogens is 2. The zero-order chi connectivity index (χ0) is 20.7. The van der Waals surface area contributed by atoms with Crippen molar-refractivity contribution >= 4 is 40.0 Å². The van der Waals surface area contributed by atoms with Crippen molar-refractivity contribution < 1.29 is 8.42 Å². The molecule has 1 aliphatic heterocycles. The lowest BCUT2D eigenvalue weighted by Crippen LogP contribution is -2.44. The molecule has 1 aromatic carbocycles. The number of guanidine groups is 1. The molecule has 1 saturated heterocycles. The van der Waals surface area contributed by atoms with Crippen molar-refractivity contribution in [3.8, 4) is 5.69 Å². The number of sulfonamides is 1. The lowest BCUT2D eigenvalue weighted by atomic mass is 9.98. The number of halogens is 1. The van der Waals surface area contributed by atoms with E-state index in [1.165, 1.54) is 11.8 Å². The van der Waals surface area contributed by atoms with E-state index < -0.39 is 10.0 Å². The Kier molecular flexibility index (Phi) is 9.56. The Hall–Kier alpha value is -1.66. The number of aliphatic imine (C=N–C) groups is 1. The highest BCUT2D eigenvalue weighted by atomic mass is 127. The summed E-state index contributed by atoms with van der Waals surface area (Å²) >= 11 is 0. The van der Waals surface area contributed by atoms with Crippen LogP contribution in [-0.2, 0) is 16.4 Å². The van der Waals surface area contributed by atoms with Gasteiger partial charge in [0.05, 0.1) is 11.9 Å². The molecule has 0 amide bonds. The van der Waals surface area contributed by atoms with Gasteiger partial charge in [0.2, 0.25) is 10.0 Å². The molecule has 0 bridgehead atoms. The van der Waals surface area contributed by atoms with E-state index in [0.29, 0.717) is 19.0 Å². The van der Waals surface area contributed by atoms with Gasteiger partial charge in [0.25, 0.3) is 0 Å². The van der Waals surface area contributed by atoms with Crippen LogP contribution in [0.4, 0.5) is 0 Å². The summed E-state index contributed by atoms with van der Waals surface area (Å²) in [7, 11) is -1.30. The van der Waals surface area contributed by atoms with Crippen LogP contribution in [0.5, 0.6) is 0 Å². The Labute approximate surface area is 196 Å². The molecule has 10 heteroatoms. The Balaban J connectivity index is 0.00000320. The van der Waals surface area contributed by atoms with Crippen molar-refractivity contribution in [3.05, 3.63) is 48.3 Å². The second-order valence-electron chi connectivity index (χ2n) is 7.35. The smallest absolute Gasteiger partial charge is 0.211 e. The van der Waals surface area contributed by atoms with Crippen molar-refractivity contribution in [2.45, 2.75) is 19.3 Å². The summed E-state index contributed by atoms with van der Waals surface area (Å²) in [5, 5.41) is 10.9. The van der Waals surface area contributed by atoms with Crippen molar-refractivity contribution in [1.82, 2.24) is 24.7 Å². The first-order chi connectivity index (χ1) is 14.0. The average molecular weight is 546 g/mol. The number of rotatable bonds is 7. The van der Waals surface area contributed by atoms with E-state index >= 15 is 0 Å². The summed E-state index contributed by atoms with van der Waals surface area (Å²) in [5.41, 5.74) is 2.29. The predicted octanol–water partition coefficient (Wildman–Crippen LogP) is 1.87. The Morgan fingerprint density at radius 1 is 1.20 bits per heavy atom. The van der Waals surface area contributed by atoms with Gasteiger partial charge in [0.15, 0.2) is 5.96 Å². The summed E-state index contributed by atoms with van der Waals surface area (Å²) in [6.45, 7) is 2.79. The highest BCUT2D eigenvalue weighted by molar-refractivity contribution is 14.0. The Morgan fingerprint density at radius 3 is 2.47 bits per heavy atom. The second kappa shape index (κ2) is 11.7. The maximum atomic E-state index is 11.6. The maximum absolute atomic E-state index is 11.6. The zero-order valence-electron chi connectivity index (χ0n) is 17.5. The average Bonchev–Trinajstić information content (AvgIpc) is 3.25. The van der Waals surface area contributed by atoms with Crippen LogP contribution in [0.2, 0.25) is 0 Å². The van der Waals surface area contributed by atoms with Gasteiger partial charge in [-0.3, -0.25) is 4.99 Å². The lowest BCUT2D eigenvalue weighted by molar-refractivity contribution is 0.275. The van der Waals surface area contributed by atoms with E-state index in [-0.39, 0.29) is 24.0 Å². The molecule has 0 saturated carbocycles. The second-order valence-corrected chi connectivity index (χ2v) is 9.33. The molecule has 3 rings (SSSR count). The molecule has 0 unspecified atom stereocenters. The number of hydrogen-bond acceptors (Lipinski definition) is 4. The standard InChI is InChI=1S/C20H30N6O2S.HI/c1-21-20(23-16-18-9-14-25(15-10-18)29(2,27)28)22-12-8-17-4-6-19(7-5-17)26-13-3-11-24-26;/h3-7,11,13,18H,8-10,12,14-16H2,1-2H3,(H2,21,22,23);1H. The number of nitrogens with one attached hydrogen (secondary N) is 2. The normalized spacial score (nSPS) is 16.1. The van der Waals surface area contributed by atoms with Gasteiger partial charge in [-0.2, -0.15) is 5.10 Å². The molecule has 2 heterocycles. The van der Waals surface area contributed by atoms with E-state index in [2.05, 4.69) is 45.0 Å². The first-order valence-electron chi connectivity index (χ1n) is 9.94. The summed E-state index contributed by atoms with van der Waals surface area (Å²) in [5.74, 6) is 1.24. The van der Waals surface area contributed by atoms with Crippen LogP contribution in [-0.4, -0.2) is 67.9 Å². The number of piperidine rings is 1. The van der Waals surface area contributed by atoms with Crippen molar-refractivity contribution in [2.24, 2.45) is 10.9 Å². The van der Waals surface area contributed by atoms with Gasteiger partial charge < -0.3 is 10.6 Å². The molecular formula is C20H31IN6O2S. The summed E-state index contributed by atoms with van der Waals surface area (Å²) in [6.07, 6.45) is 7.62. The molecule has 1 aromatic heterocycles. The van der Waals surface area contributed by atoms with Gasteiger partial charge in [0, 0.05) is 45.6 Å². The summed E-state index contributed by atoms with van der Waals surface area (Å²) in [4.78, 5) is 4.28. The van der Waals surface area contributed by atoms with Crippen LogP contribution in [0.15, 0.2) is 47.7 Å². The van der Waals surface area contributed by atoms with E-state index in [9.17, 15) is 8.42 Å². The van der Waals surface area contributed by atoms with Crippen molar-refractivity contribution in [1.29, 1.82) is 0 Å². The Morgan fingerprint density at radius 2 is 1.90 bits per heavy atom. The van der Waals surface area contributed by atoms with E-state index in [1.807, 2.05) is 16.9 Å². The minimum atomic E-state index is -3.07. The third-order valence-corrected chi connectivity index (χ3v) is 6.54. The quantitative estimate of drug-likeness (QED) is 0.315. The molecule has 1 fully saturated rings. The largest absolute Gasteiger partial charge is 0.356 e. The molecule has 8 nitrogen and oxygen atoms in total. The molecule has 2 N–H and O–H groups in total. The van der Waals surface area contributed by atoms with E-state index in [0.717, 1.165) is 44.0 Å². The van der Waals surface area contributed by atoms with Gasteiger partial charge in [-0.05, 0) is 48.9 Å². The first kappa shape index (κ1) is 24.6. The van der Waals surface area contributed by atoms with Gasteiger partial charge in [-0.15, -0.1) is 24.0 Å². The van der Waals surface area contributed by atoms with Crippen LogP contribution >= 0.6 is 24.0 Å². The minimum absolute atomic E-state index is 0. The van der Waals surface area contributed by atoms with Crippen molar-refractivity contribution in [2.75, 3.05) is 39.5 Å². The summed E-state index contributed by atoms with van der Waals surface area (Å²) < 4.78 is 26.6. The third kappa shape index (κ3) is 7.24. The van der Waals surface area contributed by atoms with Crippen LogP contribution in [0, 0.1) is 5.92 Å². The molecule has 0 atom stereocenters. The molecule has 0 aliphatic carbocycles. The Bertz CT molecular complexity index is 892. The summed E-state index contributed by atoms with van der Waals surface area (Å²) in [6, 6.07) is 10.3. The van der Waals surface area contributed by atoms with Gasteiger partial charge >= 0.3 is 0 Å². The maximum Gasteiger partial charge on any atom is 0.211 e. The van der Waals surface area contributed by atoms with Crippen LogP contribution < -0.4 is 10.6 Å². The molecule has 1 aliphatic rings.